The highest BCUT2D eigenvalue weighted by Gasteiger charge is 1.98. The molecular weight excluding hydrogens is 178 g/mol. The van der Waals surface area contributed by atoms with Crippen molar-refractivity contribution in [1.29, 1.82) is 0 Å². The summed E-state index contributed by atoms with van der Waals surface area (Å²) < 4.78 is 0. The number of hydrazone groups is 1. The number of hydrazine groups is 1. The van der Waals surface area contributed by atoms with Gasteiger partial charge in [-0.05, 0) is 24.3 Å². The van der Waals surface area contributed by atoms with E-state index in [9.17, 15) is 0 Å². The summed E-state index contributed by atoms with van der Waals surface area (Å²) in [6.07, 6.45) is 0. The van der Waals surface area contributed by atoms with Crippen molar-refractivity contribution in [2.24, 2.45) is 16.8 Å². The first kappa shape index (κ1) is 12.2. The third-order valence-electron chi connectivity index (χ3n) is 1.45. The van der Waals surface area contributed by atoms with Crippen molar-refractivity contribution >= 4 is 11.5 Å². The molecule has 1 aromatic carbocycles. The smallest absolute Gasteiger partial charge is 0.166 e. The van der Waals surface area contributed by atoms with E-state index in [0.717, 1.165) is 5.56 Å². The van der Waals surface area contributed by atoms with Gasteiger partial charge >= 0.3 is 0 Å². The molecule has 0 radical (unpaired) electrons. The average Bonchev–Trinajstić information content (AvgIpc) is 2.25. The molecule has 1 rings (SSSR count). The Morgan fingerprint density at radius 1 is 1.21 bits per heavy atom. The standard InChI is InChI=1S/C7H11N5.C2H6/c8-6-3-1-5(2-4-6)7(11-9)12-10;1-2/h1-4H,8-10H2,(H,11,12);1-2H3. The summed E-state index contributed by atoms with van der Waals surface area (Å²) in [5, 5.41) is 3.45. The van der Waals surface area contributed by atoms with Gasteiger partial charge in [0.15, 0.2) is 5.84 Å². The Morgan fingerprint density at radius 3 is 2.07 bits per heavy atom. The molecule has 0 unspecified atom stereocenters. The van der Waals surface area contributed by atoms with Gasteiger partial charge in [0.2, 0.25) is 0 Å². The number of rotatable bonds is 1. The highest BCUT2D eigenvalue weighted by atomic mass is 15.3. The first-order chi connectivity index (χ1) is 6.77. The molecule has 7 N–H and O–H groups in total. The van der Waals surface area contributed by atoms with Gasteiger partial charge in [0, 0.05) is 11.3 Å². The van der Waals surface area contributed by atoms with Crippen LogP contribution >= 0.6 is 0 Å². The maximum absolute atomic E-state index is 5.49. The SMILES string of the molecule is CC.N/N=C(\NN)c1ccc(N)cc1. The molecule has 0 amide bonds. The topological polar surface area (TPSA) is 102 Å². The number of hydrogen-bond acceptors (Lipinski definition) is 4. The van der Waals surface area contributed by atoms with Gasteiger partial charge in [-0.2, -0.15) is 5.10 Å². The largest absolute Gasteiger partial charge is 0.399 e. The molecule has 0 bridgehead atoms. The monoisotopic (exact) mass is 195 g/mol. The van der Waals surface area contributed by atoms with E-state index in [2.05, 4.69) is 10.5 Å². The van der Waals surface area contributed by atoms with Crippen LogP contribution in [0, 0.1) is 0 Å². The van der Waals surface area contributed by atoms with Gasteiger partial charge in [0.05, 0.1) is 0 Å². The summed E-state index contributed by atoms with van der Waals surface area (Å²) in [6, 6.07) is 7.05. The number of nitrogens with one attached hydrogen (secondary N) is 1. The third kappa shape index (κ3) is 3.32. The van der Waals surface area contributed by atoms with Gasteiger partial charge in [-0.25, -0.2) is 5.84 Å². The summed E-state index contributed by atoms with van der Waals surface area (Å²) >= 11 is 0. The van der Waals surface area contributed by atoms with Gasteiger partial charge in [-0.3, -0.25) is 0 Å². The number of amidine groups is 1. The second-order valence-electron chi connectivity index (χ2n) is 2.24. The second kappa shape index (κ2) is 6.73. The molecule has 0 aliphatic heterocycles. The lowest BCUT2D eigenvalue weighted by atomic mass is 10.2. The zero-order valence-corrected chi connectivity index (χ0v) is 8.49. The van der Waals surface area contributed by atoms with Crippen LogP contribution in [-0.2, 0) is 0 Å². The minimum absolute atomic E-state index is 0.426. The van der Waals surface area contributed by atoms with Gasteiger partial charge in [-0.1, -0.05) is 13.8 Å². The van der Waals surface area contributed by atoms with Crippen molar-refractivity contribution in [3.05, 3.63) is 29.8 Å². The van der Waals surface area contributed by atoms with Crippen molar-refractivity contribution in [3.8, 4) is 0 Å². The van der Waals surface area contributed by atoms with Crippen molar-refractivity contribution in [1.82, 2.24) is 5.43 Å². The van der Waals surface area contributed by atoms with E-state index in [0.29, 0.717) is 11.5 Å². The van der Waals surface area contributed by atoms with Crippen LogP contribution in [0.25, 0.3) is 0 Å². The maximum Gasteiger partial charge on any atom is 0.166 e. The molecule has 0 aliphatic carbocycles. The van der Waals surface area contributed by atoms with E-state index in [1.165, 1.54) is 0 Å². The molecule has 1 aromatic rings. The van der Waals surface area contributed by atoms with E-state index >= 15 is 0 Å². The molecule has 0 aromatic heterocycles. The highest BCUT2D eigenvalue weighted by molar-refractivity contribution is 5.98. The molecule has 5 nitrogen and oxygen atoms in total. The number of nitrogens with two attached hydrogens (primary N) is 3. The van der Waals surface area contributed by atoms with Gasteiger partial charge in [0.25, 0.3) is 0 Å². The Kier molecular flexibility index (Phi) is 5.89. The predicted octanol–water partition coefficient (Wildman–Crippen LogP) is 0.379. The quantitative estimate of drug-likeness (QED) is 0.171. The molecule has 0 saturated carbocycles. The Hall–Kier alpha value is -1.75. The zero-order valence-electron chi connectivity index (χ0n) is 8.49. The molecule has 0 fully saturated rings. The average molecular weight is 195 g/mol. The normalized spacial score (nSPS) is 10.1. The summed E-state index contributed by atoms with van der Waals surface area (Å²) in [4.78, 5) is 0. The van der Waals surface area contributed by atoms with Crippen LogP contribution < -0.4 is 22.8 Å². The van der Waals surface area contributed by atoms with E-state index in [4.69, 9.17) is 17.4 Å². The van der Waals surface area contributed by atoms with Crippen LogP contribution in [-0.4, -0.2) is 5.84 Å². The Balaban J connectivity index is 0.000000791. The van der Waals surface area contributed by atoms with E-state index in [-0.39, 0.29) is 0 Å². The molecule has 0 aliphatic rings. The maximum atomic E-state index is 5.49. The minimum Gasteiger partial charge on any atom is -0.399 e. The Bertz CT molecular complexity index is 278. The lowest BCUT2D eigenvalue weighted by Gasteiger charge is -2.03. The van der Waals surface area contributed by atoms with Gasteiger partial charge in [-0.15, -0.1) is 0 Å². The number of anilines is 1. The van der Waals surface area contributed by atoms with Crippen molar-refractivity contribution < 1.29 is 0 Å². The van der Waals surface area contributed by atoms with E-state index in [1.807, 2.05) is 13.8 Å². The summed E-state index contributed by atoms with van der Waals surface area (Å²) in [7, 11) is 0. The zero-order chi connectivity index (χ0) is 11.0. The fourth-order valence-electron chi connectivity index (χ4n) is 0.836. The molecular formula is C9H17N5. The summed E-state index contributed by atoms with van der Waals surface area (Å²) in [5.74, 6) is 10.7. The van der Waals surface area contributed by atoms with E-state index in [1.54, 1.807) is 24.3 Å². The number of nitrogen functional groups attached to an aromatic ring is 1. The fourth-order valence-corrected chi connectivity index (χ4v) is 0.836. The number of nitrogens with zero attached hydrogens (tertiary/aromatic N) is 1. The fraction of sp³-hybridized carbons (Fsp3) is 0.222. The van der Waals surface area contributed by atoms with Gasteiger partial charge in [0.1, 0.15) is 0 Å². The molecule has 0 heterocycles. The Morgan fingerprint density at radius 2 is 1.71 bits per heavy atom. The van der Waals surface area contributed by atoms with Crippen LogP contribution in [0.2, 0.25) is 0 Å². The molecule has 5 heteroatoms. The molecule has 14 heavy (non-hydrogen) atoms. The minimum atomic E-state index is 0.426. The number of hydrogen-bond donors (Lipinski definition) is 4. The second-order valence-corrected chi connectivity index (χ2v) is 2.24. The van der Waals surface area contributed by atoms with Crippen LogP contribution in [0.4, 0.5) is 5.69 Å². The van der Waals surface area contributed by atoms with Crippen LogP contribution in [0.3, 0.4) is 0 Å². The molecule has 0 atom stereocenters. The van der Waals surface area contributed by atoms with Crippen LogP contribution in [0.1, 0.15) is 19.4 Å². The number of benzene rings is 1. The first-order valence-electron chi connectivity index (χ1n) is 4.38. The first-order valence-corrected chi connectivity index (χ1v) is 4.38. The lowest BCUT2D eigenvalue weighted by molar-refractivity contribution is 1.00. The van der Waals surface area contributed by atoms with Crippen LogP contribution in [0.15, 0.2) is 29.4 Å². The molecule has 0 spiro atoms. The third-order valence-corrected chi connectivity index (χ3v) is 1.45. The van der Waals surface area contributed by atoms with Crippen molar-refractivity contribution in [2.75, 3.05) is 5.73 Å². The van der Waals surface area contributed by atoms with Crippen molar-refractivity contribution in [3.63, 3.8) is 0 Å². The van der Waals surface area contributed by atoms with E-state index < -0.39 is 0 Å². The molecule has 78 valence electrons. The lowest BCUT2D eigenvalue weighted by Crippen LogP contribution is -2.31. The summed E-state index contributed by atoms with van der Waals surface area (Å²) in [6.45, 7) is 4.00. The summed E-state index contributed by atoms with van der Waals surface area (Å²) in [5.41, 5.74) is 9.35. The molecule has 0 saturated heterocycles. The Labute approximate surface area is 83.9 Å². The highest BCUT2D eigenvalue weighted by Crippen LogP contribution is 2.04. The predicted molar refractivity (Wildman–Crippen MR) is 60.2 cm³/mol. The van der Waals surface area contributed by atoms with Crippen LogP contribution in [0.5, 0.6) is 0 Å². The van der Waals surface area contributed by atoms with Crippen molar-refractivity contribution in [2.45, 2.75) is 13.8 Å². The van der Waals surface area contributed by atoms with Gasteiger partial charge < -0.3 is 17.0 Å².